The lowest BCUT2D eigenvalue weighted by Crippen LogP contribution is -2.24. The van der Waals surface area contributed by atoms with Crippen LogP contribution in [0.15, 0.2) is 39.5 Å². The fraction of sp³-hybridized carbons (Fsp3) is 0.316. The number of hydrogen-bond donors (Lipinski definition) is 2. The van der Waals surface area contributed by atoms with Crippen LogP contribution >= 0.6 is 23.1 Å². The van der Waals surface area contributed by atoms with Gasteiger partial charge in [0.2, 0.25) is 0 Å². The van der Waals surface area contributed by atoms with Gasteiger partial charge in [0.1, 0.15) is 5.01 Å². The number of nitrogens with zero attached hydrogens (tertiary/aromatic N) is 2. The molecule has 152 valence electrons. The fourth-order valence-corrected chi connectivity index (χ4v) is 4.78. The number of rotatable bonds is 3. The monoisotopic (exact) mass is 439 g/mol. The Morgan fingerprint density at radius 2 is 2.00 bits per heavy atom. The van der Waals surface area contributed by atoms with E-state index in [4.69, 9.17) is 0 Å². The zero-order valence-corrected chi connectivity index (χ0v) is 16.6. The van der Waals surface area contributed by atoms with Gasteiger partial charge in [0.05, 0.1) is 28.3 Å². The zero-order valence-electron chi connectivity index (χ0n) is 14.9. The molecular formula is C19H16F3N3O2S2. The first-order chi connectivity index (χ1) is 13.8. The molecule has 0 bridgehead atoms. The Morgan fingerprint density at radius 1 is 1.24 bits per heavy atom. The van der Waals surface area contributed by atoms with E-state index in [0.29, 0.717) is 32.8 Å². The lowest BCUT2D eigenvalue weighted by atomic mass is 10.1. The molecule has 0 spiro atoms. The third kappa shape index (κ3) is 4.54. The van der Waals surface area contributed by atoms with Crippen LogP contribution in [0.1, 0.15) is 30.5 Å². The van der Waals surface area contributed by atoms with Crippen LogP contribution in [0.2, 0.25) is 0 Å². The van der Waals surface area contributed by atoms with Crippen molar-refractivity contribution in [2.75, 3.05) is 0 Å². The van der Waals surface area contributed by atoms with Gasteiger partial charge in [-0.25, -0.2) is 4.98 Å². The van der Waals surface area contributed by atoms with E-state index in [1.54, 1.807) is 11.5 Å². The third-order valence-corrected chi connectivity index (χ3v) is 6.47. The highest BCUT2D eigenvalue weighted by atomic mass is 32.2. The summed E-state index contributed by atoms with van der Waals surface area (Å²) < 4.78 is 38.1. The molecule has 0 radical (unpaired) electrons. The number of alkyl halides is 3. The van der Waals surface area contributed by atoms with Crippen molar-refractivity contribution in [3.8, 4) is 10.6 Å². The summed E-state index contributed by atoms with van der Waals surface area (Å²) >= 11 is 2.48. The molecule has 1 aliphatic heterocycles. The minimum absolute atomic E-state index is 0.192. The number of thioether (sulfide) groups is 1. The summed E-state index contributed by atoms with van der Waals surface area (Å²) in [6, 6.07) is 4.62. The van der Waals surface area contributed by atoms with Gasteiger partial charge in [-0.15, -0.1) is 11.3 Å². The Kier molecular flexibility index (Phi) is 5.50. The molecule has 4 rings (SSSR count). The summed E-state index contributed by atoms with van der Waals surface area (Å²) in [7, 11) is 0. The number of carbonyl (C=O) groups is 1. The maximum atomic E-state index is 12.7. The highest BCUT2D eigenvalue weighted by Crippen LogP contribution is 2.33. The molecule has 29 heavy (non-hydrogen) atoms. The van der Waals surface area contributed by atoms with Crippen LogP contribution < -0.4 is 5.32 Å². The first-order valence-corrected chi connectivity index (χ1v) is 10.6. The highest BCUT2D eigenvalue weighted by molar-refractivity contribution is 8.18. The summed E-state index contributed by atoms with van der Waals surface area (Å²) in [4.78, 5) is 21.4. The molecule has 1 aromatic carbocycles. The van der Waals surface area contributed by atoms with Gasteiger partial charge in [-0.2, -0.15) is 13.2 Å². The van der Waals surface area contributed by atoms with Crippen molar-refractivity contribution in [1.29, 1.82) is 0 Å². The number of nitrogens with one attached hydrogen (secondary N) is 1. The molecule has 2 heterocycles. The maximum absolute atomic E-state index is 12.7. The van der Waals surface area contributed by atoms with Crippen LogP contribution in [0.5, 0.6) is 0 Å². The molecule has 2 aromatic rings. The number of thiazole rings is 1. The SMILES string of the molecule is O=C1NC(=N[C@@H]2CCC[C@@H]2O)S/C1=C/c1csc(-c2ccc(C(F)(F)F)cc2)n1. The van der Waals surface area contributed by atoms with Crippen LogP contribution in [0.25, 0.3) is 16.6 Å². The van der Waals surface area contributed by atoms with Crippen molar-refractivity contribution >= 4 is 40.2 Å². The molecule has 1 saturated heterocycles. The highest BCUT2D eigenvalue weighted by Gasteiger charge is 2.31. The van der Waals surface area contributed by atoms with E-state index < -0.39 is 17.8 Å². The number of halogens is 3. The minimum atomic E-state index is -4.38. The summed E-state index contributed by atoms with van der Waals surface area (Å²) in [5.41, 5.74) is 0.414. The van der Waals surface area contributed by atoms with E-state index in [9.17, 15) is 23.1 Å². The number of benzene rings is 1. The largest absolute Gasteiger partial charge is 0.416 e. The number of carbonyl (C=O) groups excluding carboxylic acids is 1. The van der Waals surface area contributed by atoms with E-state index in [1.807, 2.05) is 0 Å². The van der Waals surface area contributed by atoms with Gasteiger partial charge in [-0.3, -0.25) is 9.79 Å². The second-order valence-electron chi connectivity index (χ2n) is 6.72. The Morgan fingerprint density at radius 3 is 2.66 bits per heavy atom. The predicted molar refractivity (Wildman–Crippen MR) is 107 cm³/mol. The van der Waals surface area contributed by atoms with Crippen LogP contribution in [-0.2, 0) is 11.0 Å². The van der Waals surface area contributed by atoms with Gasteiger partial charge >= 0.3 is 6.18 Å². The van der Waals surface area contributed by atoms with Crippen molar-refractivity contribution in [2.45, 2.75) is 37.6 Å². The maximum Gasteiger partial charge on any atom is 0.416 e. The average Bonchev–Trinajstić information content (AvgIpc) is 3.38. The number of aliphatic hydroxyl groups excluding tert-OH is 1. The molecule has 0 unspecified atom stereocenters. The standard InChI is InChI=1S/C19H16F3N3O2S2/c20-19(21,22)11-6-4-10(5-7-11)17-23-12(9-28-17)8-15-16(27)25-18(29-15)24-13-2-1-3-14(13)26/h4-9,13-14,26H,1-3H2,(H,24,25,27)/b15-8+/t13-,14+/m1/s1. The van der Waals surface area contributed by atoms with Gasteiger partial charge < -0.3 is 10.4 Å². The van der Waals surface area contributed by atoms with Crippen LogP contribution in [-0.4, -0.2) is 33.3 Å². The van der Waals surface area contributed by atoms with Gasteiger partial charge in [-0.1, -0.05) is 12.1 Å². The van der Waals surface area contributed by atoms with Crippen molar-refractivity contribution in [1.82, 2.24) is 10.3 Å². The smallest absolute Gasteiger partial charge is 0.391 e. The van der Waals surface area contributed by atoms with Gasteiger partial charge in [-0.05, 0) is 49.2 Å². The first kappa shape index (κ1) is 20.1. The van der Waals surface area contributed by atoms with Gasteiger partial charge in [0.15, 0.2) is 5.17 Å². The lowest BCUT2D eigenvalue weighted by molar-refractivity contribution is -0.137. The molecule has 2 atom stereocenters. The fourth-order valence-electron chi connectivity index (χ4n) is 3.13. The summed E-state index contributed by atoms with van der Waals surface area (Å²) in [5.74, 6) is -0.287. The number of aliphatic hydroxyl groups is 1. The Balaban J connectivity index is 1.49. The number of aromatic nitrogens is 1. The average molecular weight is 439 g/mol. The molecule has 1 saturated carbocycles. The Hall–Kier alpha value is -2.17. The zero-order chi connectivity index (χ0) is 20.6. The molecule has 2 aliphatic rings. The van der Waals surface area contributed by atoms with Crippen LogP contribution in [0.4, 0.5) is 13.2 Å². The summed E-state index contributed by atoms with van der Waals surface area (Å²) in [6.45, 7) is 0. The number of hydrogen-bond acceptors (Lipinski definition) is 6. The molecule has 1 aliphatic carbocycles. The normalized spacial score (nSPS) is 25.2. The van der Waals surface area contributed by atoms with Gasteiger partial charge in [0.25, 0.3) is 5.91 Å². The first-order valence-electron chi connectivity index (χ1n) is 8.89. The van der Waals surface area contributed by atoms with E-state index in [0.717, 1.165) is 25.0 Å². The topological polar surface area (TPSA) is 74.6 Å². The molecular weight excluding hydrogens is 423 g/mol. The lowest BCUT2D eigenvalue weighted by Gasteiger charge is -2.09. The molecule has 5 nitrogen and oxygen atoms in total. The molecule has 10 heteroatoms. The van der Waals surface area contributed by atoms with E-state index in [1.165, 1.54) is 35.2 Å². The number of aliphatic imine (C=N–C) groups is 1. The van der Waals surface area contributed by atoms with E-state index in [2.05, 4.69) is 15.3 Å². The molecule has 2 fully saturated rings. The number of amides is 1. The molecule has 1 amide bonds. The number of amidine groups is 1. The summed E-state index contributed by atoms with van der Waals surface area (Å²) in [5, 5.41) is 15.3. The van der Waals surface area contributed by atoms with Crippen molar-refractivity contribution in [2.24, 2.45) is 4.99 Å². The van der Waals surface area contributed by atoms with Crippen LogP contribution in [0.3, 0.4) is 0 Å². The van der Waals surface area contributed by atoms with Crippen molar-refractivity contribution in [3.63, 3.8) is 0 Å². The Bertz CT molecular complexity index is 983. The van der Waals surface area contributed by atoms with Gasteiger partial charge in [0, 0.05) is 10.9 Å². The van der Waals surface area contributed by atoms with Crippen molar-refractivity contribution < 1.29 is 23.1 Å². The minimum Gasteiger partial charge on any atom is -0.391 e. The molecule has 1 aromatic heterocycles. The second-order valence-corrected chi connectivity index (χ2v) is 8.61. The predicted octanol–water partition coefficient (Wildman–Crippen LogP) is 4.30. The second kappa shape index (κ2) is 7.92. The third-order valence-electron chi connectivity index (χ3n) is 4.64. The van der Waals surface area contributed by atoms with E-state index in [-0.39, 0.29) is 11.9 Å². The van der Waals surface area contributed by atoms with E-state index >= 15 is 0 Å². The molecule has 2 N–H and O–H groups in total. The van der Waals surface area contributed by atoms with Crippen molar-refractivity contribution in [3.05, 3.63) is 45.8 Å². The quantitative estimate of drug-likeness (QED) is 0.700. The van der Waals surface area contributed by atoms with Crippen LogP contribution in [0, 0.1) is 0 Å². The Labute approximate surface area is 172 Å². The summed E-state index contributed by atoms with van der Waals surface area (Å²) in [6.07, 6.45) is -0.806.